The lowest BCUT2D eigenvalue weighted by Gasteiger charge is -2.14. The summed E-state index contributed by atoms with van der Waals surface area (Å²) in [5.41, 5.74) is 5.96. The van der Waals surface area contributed by atoms with Gasteiger partial charge >= 0.3 is 0 Å². The van der Waals surface area contributed by atoms with Crippen LogP contribution < -0.4 is 11.1 Å². The first kappa shape index (κ1) is 17.7. The molecule has 0 saturated carbocycles. The number of nitrogen functional groups attached to an aromatic ring is 1. The van der Waals surface area contributed by atoms with Crippen molar-refractivity contribution in [3.63, 3.8) is 0 Å². The van der Waals surface area contributed by atoms with Gasteiger partial charge in [0, 0.05) is 20.5 Å². The smallest absolute Gasteiger partial charge is 0.182 e. The predicted octanol–water partition coefficient (Wildman–Crippen LogP) is 0.871. The highest BCUT2D eigenvalue weighted by Crippen LogP contribution is 2.30. The first-order valence-electron chi connectivity index (χ1n) is 6.63. The Balaban J connectivity index is 3.18. The van der Waals surface area contributed by atoms with Crippen molar-refractivity contribution in [2.75, 3.05) is 38.1 Å². The maximum absolute atomic E-state index is 11.9. The van der Waals surface area contributed by atoms with E-state index in [0.29, 0.717) is 0 Å². The van der Waals surface area contributed by atoms with Crippen molar-refractivity contribution in [3.05, 3.63) is 0 Å². The van der Waals surface area contributed by atoms with Crippen LogP contribution in [0.1, 0.15) is 26.3 Å². The van der Waals surface area contributed by atoms with E-state index in [2.05, 4.69) is 10.4 Å². The Morgan fingerprint density at radius 2 is 1.95 bits per heavy atom. The molecule has 1 aromatic heterocycles. The fraction of sp³-hybridized carbons (Fsp3) is 0.750. The number of hydrogen-bond donors (Lipinski definition) is 2. The molecule has 8 nitrogen and oxygen atoms in total. The molecule has 1 heterocycles. The van der Waals surface area contributed by atoms with E-state index in [-0.39, 0.29) is 29.1 Å². The van der Waals surface area contributed by atoms with Gasteiger partial charge in [0.1, 0.15) is 5.82 Å². The van der Waals surface area contributed by atoms with Gasteiger partial charge in [0.2, 0.25) is 0 Å². The fourth-order valence-electron chi connectivity index (χ4n) is 1.87. The molecule has 0 amide bonds. The third kappa shape index (κ3) is 4.08. The summed E-state index contributed by atoms with van der Waals surface area (Å²) in [6.45, 7) is 4.16. The second-order valence-electron chi connectivity index (χ2n) is 4.82. The Hall–Kier alpha value is -1.32. The van der Waals surface area contributed by atoms with E-state index in [4.69, 9.17) is 15.2 Å². The Bertz CT molecular complexity index is 566. The van der Waals surface area contributed by atoms with Crippen molar-refractivity contribution < 1.29 is 17.9 Å². The van der Waals surface area contributed by atoms with E-state index in [9.17, 15) is 8.42 Å². The maximum atomic E-state index is 11.9. The Morgan fingerprint density at radius 1 is 1.38 bits per heavy atom. The summed E-state index contributed by atoms with van der Waals surface area (Å²) < 4.78 is 35.5. The SMILES string of the molecule is CCC(C)n1nc(NCC(OC)OC)c(S(C)(=O)=O)c1N. The molecule has 1 aromatic rings. The Kier molecular flexibility index (Phi) is 5.99. The normalized spacial score (nSPS) is 13.6. The maximum Gasteiger partial charge on any atom is 0.182 e. The van der Waals surface area contributed by atoms with Gasteiger partial charge in [-0.25, -0.2) is 13.1 Å². The summed E-state index contributed by atoms with van der Waals surface area (Å²) in [6, 6.07) is 0.00157. The molecule has 122 valence electrons. The van der Waals surface area contributed by atoms with Crippen LogP contribution in [-0.2, 0) is 19.3 Å². The third-order valence-electron chi connectivity index (χ3n) is 3.24. The molecule has 0 aliphatic heterocycles. The third-order valence-corrected chi connectivity index (χ3v) is 4.39. The van der Waals surface area contributed by atoms with Gasteiger partial charge in [0.25, 0.3) is 0 Å². The first-order valence-corrected chi connectivity index (χ1v) is 8.52. The van der Waals surface area contributed by atoms with Crippen molar-refractivity contribution in [2.45, 2.75) is 37.5 Å². The van der Waals surface area contributed by atoms with Crippen LogP contribution in [0.15, 0.2) is 4.90 Å². The predicted molar refractivity (Wildman–Crippen MR) is 81.0 cm³/mol. The minimum absolute atomic E-state index is 0.00157. The molecule has 21 heavy (non-hydrogen) atoms. The summed E-state index contributed by atoms with van der Waals surface area (Å²) in [5.74, 6) is 0.357. The topological polar surface area (TPSA) is 108 Å². The van der Waals surface area contributed by atoms with Gasteiger partial charge in [-0.15, -0.1) is 0 Å². The molecule has 1 rings (SSSR count). The van der Waals surface area contributed by atoms with Crippen molar-refractivity contribution in [1.29, 1.82) is 0 Å². The average Bonchev–Trinajstić information content (AvgIpc) is 2.76. The monoisotopic (exact) mass is 320 g/mol. The lowest BCUT2D eigenvalue weighted by atomic mass is 10.3. The lowest BCUT2D eigenvalue weighted by Crippen LogP contribution is -2.24. The molecule has 0 aliphatic carbocycles. The number of nitrogens with zero attached hydrogens (tertiary/aromatic N) is 2. The number of ether oxygens (including phenoxy) is 2. The van der Waals surface area contributed by atoms with E-state index in [1.807, 2.05) is 13.8 Å². The molecule has 0 spiro atoms. The molecular weight excluding hydrogens is 296 g/mol. The van der Waals surface area contributed by atoms with Gasteiger partial charge in [-0.3, -0.25) is 0 Å². The summed E-state index contributed by atoms with van der Waals surface area (Å²) >= 11 is 0. The highest BCUT2D eigenvalue weighted by Gasteiger charge is 2.26. The van der Waals surface area contributed by atoms with Crippen molar-refractivity contribution in [3.8, 4) is 0 Å². The van der Waals surface area contributed by atoms with E-state index in [1.54, 1.807) is 0 Å². The summed E-state index contributed by atoms with van der Waals surface area (Å²) in [4.78, 5) is 0.00811. The van der Waals surface area contributed by atoms with Crippen molar-refractivity contribution in [2.24, 2.45) is 0 Å². The fourth-order valence-corrected chi connectivity index (χ4v) is 2.80. The van der Waals surface area contributed by atoms with E-state index in [1.165, 1.54) is 18.9 Å². The molecule has 0 saturated heterocycles. The van der Waals surface area contributed by atoms with Crippen molar-refractivity contribution in [1.82, 2.24) is 9.78 Å². The number of hydrogen-bond acceptors (Lipinski definition) is 7. The van der Waals surface area contributed by atoms with Gasteiger partial charge in [-0.1, -0.05) is 6.92 Å². The van der Waals surface area contributed by atoms with Crippen LogP contribution in [0.2, 0.25) is 0 Å². The Labute approximate surface area is 125 Å². The molecule has 0 radical (unpaired) electrons. The van der Waals surface area contributed by atoms with Gasteiger partial charge in [-0.05, 0) is 13.3 Å². The Morgan fingerprint density at radius 3 is 2.38 bits per heavy atom. The van der Waals surface area contributed by atoms with Crippen LogP contribution in [0.5, 0.6) is 0 Å². The number of nitrogens with two attached hydrogens (primary N) is 1. The van der Waals surface area contributed by atoms with Crippen LogP contribution in [0.25, 0.3) is 0 Å². The van der Waals surface area contributed by atoms with E-state index in [0.717, 1.165) is 12.7 Å². The van der Waals surface area contributed by atoms with Gasteiger partial charge in [-0.2, -0.15) is 5.10 Å². The molecule has 1 unspecified atom stereocenters. The molecule has 0 aliphatic rings. The number of methoxy groups -OCH3 is 2. The van der Waals surface area contributed by atoms with Crippen LogP contribution >= 0.6 is 0 Å². The second kappa shape index (κ2) is 7.10. The first-order chi connectivity index (χ1) is 9.76. The van der Waals surface area contributed by atoms with E-state index >= 15 is 0 Å². The molecule has 3 N–H and O–H groups in total. The molecule has 0 fully saturated rings. The zero-order valence-corrected chi connectivity index (χ0v) is 13.9. The molecule has 9 heteroatoms. The highest BCUT2D eigenvalue weighted by atomic mass is 32.2. The van der Waals surface area contributed by atoms with Crippen LogP contribution in [0.4, 0.5) is 11.6 Å². The molecule has 0 aromatic carbocycles. The largest absolute Gasteiger partial charge is 0.383 e. The molecule has 1 atom stereocenters. The zero-order valence-electron chi connectivity index (χ0n) is 13.1. The summed E-state index contributed by atoms with van der Waals surface area (Å²) in [5, 5.41) is 7.20. The lowest BCUT2D eigenvalue weighted by molar-refractivity contribution is -0.0914. The number of nitrogens with one attached hydrogen (secondary N) is 1. The van der Waals surface area contributed by atoms with Gasteiger partial charge in [0.15, 0.2) is 26.8 Å². The van der Waals surface area contributed by atoms with Crippen LogP contribution in [-0.4, -0.2) is 51.5 Å². The molecular formula is C12H24N4O4S. The summed E-state index contributed by atoms with van der Waals surface area (Å²) in [6.07, 6.45) is 1.39. The number of anilines is 2. The number of rotatable bonds is 8. The van der Waals surface area contributed by atoms with Gasteiger partial charge in [0.05, 0.1) is 12.6 Å². The second-order valence-corrected chi connectivity index (χ2v) is 6.77. The van der Waals surface area contributed by atoms with Crippen molar-refractivity contribution >= 4 is 21.5 Å². The van der Waals surface area contributed by atoms with Gasteiger partial charge < -0.3 is 20.5 Å². The van der Waals surface area contributed by atoms with E-state index < -0.39 is 16.1 Å². The number of sulfone groups is 1. The number of aromatic nitrogens is 2. The standard InChI is InChI=1S/C12H24N4O4S/c1-6-8(2)16-11(13)10(21(5,17)18)12(15-16)14-7-9(19-3)20-4/h8-9H,6-7,13H2,1-5H3,(H,14,15). The minimum Gasteiger partial charge on any atom is -0.383 e. The summed E-state index contributed by atoms with van der Waals surface area (Å²) in [7, 11) is -0.500. The van der Waals surface area contributed by atoms with Crippen LogP contribution in [0, 0.1) is 0 Å². The van der Waals surface area contributed by atoms with Crippen LogP contribution in [0.3, 0.4) is 0 Å². The quantitative estimate of drug-likeness (QED) is 0.684. The minimum atomic E-state index is -3.50. The average molecular weight is 320 g/mol. The zero-order chi connectivity index (χ0) is 16.2. The highest BCUT2D eigenvalue weighted by molar-refractivity contribution is 7.91. The molecule has 0 bridgehead atoms.